The highest BCUT2D eigenvalue weighted by Gasteiger charge is 2.57. The summed E-state index contributed by atoms with van der Waals surface area (Å²) in [5, 5.41) is 9.16. The minimum atomic E-state index is -0.933. The van der Waals surface area contributed by atoms with E-state index in [1.807, 2.05) is 31.3 Å². The lowest BCUT2D eigenvalue weighted by Crippen LogP contribution is -2.58. The Morgan fingerprint density at radius 2 is 1.92 bits per heavy atom. The van der Waals surface area contributed by atoms with Gasteiger partial charge in [-0.2, -0.15) is 0 Å². The fourth-order valence-corrected chi connectivity index (χ4v) is 3.91. The molecule has 1 unspecified atom stereocenters. The molecule has 1 N–H and O–H groups in total. The van der Waals surface area contributed by atoms with E-state index in [1.54, 1.807) is 18.2 Å². The van der Waals surface area contributed by atoms with Gasteiger partial charge in [-0.3, -0.25) is 0 Å². The van der Waals surface area contributed by atoms with Crippen LogP contribution in [0.3, 0.4) is 0 Å². The number of hydrogen-bond acceptors (Lipinski definition) is 3. The van der Waals surface area contributed by atoms with Gasteiger partial charge >= 0.3 is 5.97 Å². The first-order chi connectivity index (χ1) is 11.4. The van der Waals surface area contributed by atoms with Gasteiger partial charge in [0.15, 0.2) is 0 Å². The summed E-state index contributed by atoms with van der Waals surface area (Å²) in [6, 6.07) is 13.3. The van der Waals surface area contributed by atoms with E-state index in [2.05, 4.69) is 30.9 Å². The molecule has 0 saturated carbocycles. The zero-order chi connectivity index (χ0) is 17.1. The highest BCUT2D eigenvalue weighted by molar-refractivity contribution is 5.89. The molecular formula is C20H19NO3. The number of likely N-dealkylation sites (N-methyl/N-ethyl adjacent to an activating group) is 1. The lowest BCUT2D eigenvalue weighted by atomic mass is 9.76. The Morgan fingerprint density at radius 3 is 2.62 bits per heavy atom. The quantitative estimate of drug-likeness (QED) is 0.865. The lowest BCUT2D eigenvalue weighted by Gasteiger charge is -2.45. The highest BCUT2D eigenvalue weighted by atomic mass is 16.5. The molecule has 2 aromatic rings. The van der Waals surface area contributed by atoms with Crippen LogP contribution in [0.4, 0.5) is 5.69 Å². The van der Waals surface area contributed by atoms with Crippen LogP contribution in [0, 0.1) is 0 Å². The highest BCUT2D eigenvalue weighted by Crippen LogP contribution is 2.54. The molecule has 0 aliphatic carbocycles. The summed E-state index contributed by atoms with van der Waals surface area (Å²) >= 11 is 0. The molecule has 2 aromatic carbocycles. The van der Waals surface area contributed by atoms with Crippen molar-refractivity contribution in [1.82, 2.24) is 0 Å². The topological polar surface area (TPSA) is 49.8 Å². The average molecular weight is 321 g/mol. The Hall–Kier alpha value is -2.75. The summed E-state index contributed by atoms with van der Waals surface area (Å²) in [6.45, 7) is 4.35. The van der Waals surface area contributed by atoms with Crippen LogP contribution in [0.5, 0.6) is 5.75 Å². The zero-order valence-electron chi connectivity index (χ0n) is 13.9. The Morgan fingerprint density at radius 1 is 1.17 bits per heavy atom. The van der Waals surface area contributed by atoms with Gasteiger partial charge in [-0.15, -0.1) is 0 Å². The van der Waals surface area contributed by atoms with E-state index in [0.29, 0.717) is 5.75 Å². The van der Waals surface area contributed by atoms with Crippen LogP contribution in [0.1, 0.15) is 35.3 Å². The maximum absolute atomic E-state index is 11.2. The second-order valence-corrected chi connectivity index (χ2v) is 6.89. The molecule has 122 valence electrons. The van der Waals surface area contributed by atoms with E-state index in [4.69, 9.17) is 9.84 Å². The van der Waals surface area contributed by atoms with Crippen LogP contribution < -0.4 is 9.64 Å². The Labute approximate surface area is 141 Å². The van der Waals surface area contributed by atoms with Gasteiger partial charge in [0.25, 0.3) is 0 Å². The molecule has 0 aromatic heterocycles. The van der Waals surface area contributed by atoms with Crippen molar-refractivity contribution in [2.75, 3.05) is 11.9 Å². The van der Waals surface area contributed by atoms with Gasteiger partial charge in [0.2, 0.25) is 5.72 Å². The third-order valence-corrected chi connectivity index (χ3v) is 5.34. The number of rotatable bonds is 1. The largest absolute Gasteiger partial charge is 0.478 e. The number of para-hydroxylation sites is 1. The minimum Gasteiger partial charge on any atom is -0.478 e. The zero-order valence-corrected chi connectivity index (χ0v) is 13.9. The summed E-state index contributed by atoms with van der Waals surface area (Å²) in [7, 11) is 2.04. The second-order valence-electron chi connectivity index (χ2n) is 6.89. The molecule has 2 heterocycles. The molecule has 0 amide bonds. The molecular weight excluding hydrogens is 302 g/mol. The van der Waals surface area contributed by atoms with Gasteiger partial charge in [-0.1, -0.05) is 18.2 Å². The van der Waals surface area contributed by atoms with Crippen LogP contribution >= 0.6 is 0 Å². The van der Waals surface area contributed by atoms with Crippen molar-refractivity contribution in [3.8, 4) is 5.75 Å². The predicted octanol–water partition coefficient (Wildman–Crippen LogP) is 3.91. The molecule has 0 bridgehead atoms. The predicted molar refractivity (Wildman–Crippen MR) is 93.7 cm³/mol. The van der Waals surface area contributed by atoms with Gasteiger partial charge < -0.3 is 14.7 Å². The molecule has 0 fully saturated rings. The van der Waals surface area contributed by atoms with Crippen LogP contribution in [-0.4, -0.2) is 23.8 Å². The van der Waals surface area contributed by atoms with Gasteiger partial charge in [-0.05, 0) is 55.8 Å². The van der Waals surface area contributed by atoms with Crippen LogP contribution in [0.2, 0.25) is 0 Å². The van der Waals surface area contributed by atoms with Crippen molar-refractivity contribution in [2.24, 2.45) is 0 Å². The van der Waals surface area contributed by atoms with E-state index in [1.165, 1.54) is 5.56 Å². The van der Waals surface area contributed by atoms with Crippen molar-refractivity contribution >= 4 is 17.7 Å². The number of carboxylic acids is 1. The normalized spacial score (nSPS) is 22.9. The number of aromatic carboxylic acids is 1. The SMILES string of the molecule is CN1c2ccccc2C(C)(C)C12C=Cc1cc(C(=O)O)ccc1O2. The standard InChI is InChI=1S/C20H19NO3/c1-19(2)15-6-4-5-7-16(15)21(3)20(19)11-10-13-12-14(18(22)23)8-9-17(13)24-20/h4-12H,1-3H3,(H,22,23). The molecule has 24 heavy (non-hydrogen) atoms. The van der Waals surface area contributed by atoms with Crippen molar-refractivity contribution in [1.29, 1.82) is 0 Å². The molecule has 4 nitrogen and oxygen atoms in total. The first-order valence-electron chi connectivity index (χ1n) is 7.96. The number of nitrogens with zero attached hydrogens (tertiary/aromatic N) is 1. The van der Waals surface area contributed by atoms with E-state index >= 15 is 0 Å². The number of anilines is 1. The number of ether oxygens (including phenoxy) is 1. The molecule has 4 heteroatoms. The first-order valence-corrected chi connectivity index (χ1v) is 7.96. The average Bonchev–Trinajstić information content (AvgIpc) is 2.74. The van der Waals surface area contributed by atoms with Gasteiger partial charge in [0, 0.05) is 18.3 Å². The molecule has 0 saturated heterocycles. The molecule has 2 aliphatic rings. The third-order valence-electron chi connectivity index (χ3n) is 5.34. The fourth-order valence-electron chi connectivity index (χ4n) is 3.91. The number of carbonyl (C=O) groups is 1. The number of benzene rings is 2. The molecule has 4 rings (SSSR count). The van der Waals surface area contributed by atoms with E-state index in [0.717, 1.165) is 11.3 Å². The van der Waals surface area contributed by atoms with Crippen molar-refractivity contribution < 1.29 is 14.6 Å². The van der Waals surface area contributed by atoms with E-state index in [9.17, 15) is 4.79 Å². The van der Waals surface area contributed by atoms with E-state index in [-0.39, 0.29) is 11.0 Å². The molecule has 1 spiro atoms. The summed E-state index contributed by atoms with van der Waals surface area (Å²) in [4.78, 5) is 13.3. The Kier molecular flexibility index (Phi) is 2.86. The molecule has 2 aliphatic heterocycles. The number of fused-ring (bicyclic) bond motifs is 2. The van der Waals surface area contributed by atoms with Gasteiger partial charge in [0.1, 0.15) is 5.75 Å². The summed E-state index contributed by atoms with van der Waals surface area (Å²) in [5.41, 5.74) is 2.56. The van der Waals surface area contributed by atoms with Gasteiger partial charge in [0.05, 0.1) is 11.0 Å². The van der Waals surface area contributed by atoms with Crippen LogP contribution in [0.15, 0.2) is 48.5 Å². The lowest BCUT2D eigenvalue weighted by molar-refractivity contribution is 0.0580. The Bertz CT molecular complexity index is 884. The molecule has 0 radical (unpaired) electrons. The van der Waals surface area contributed by atoms with Crippen LogP contribution in [-0.2, 0) is 5.41 Å². The maximum atomic E-state index is 11.2. The molecule has 1 atom stereocenters. The van der Waals surface area contributed by atoms with E-state index < -0.39 is 11.7 Å². The van der Waals surface area contributed by atoms with Gasteiger partial charge in [-0.25, -0.2) is 4.79 Å². The van der Waals surface area contributed by atoms with Crippen molar-refractivity contribution in [2.45, 2.75) is 25.0 Å². The summed E-state index contributed by atoms with van der Waals surface area (Å²) < 4.78 is 6.47. The first kappa shape index (κ1) is 14.8. The Balaban J connectivity index is 1.84. The number of carboxylic acid groups (broad SMARTS) is 1. The summed E-state index contributed by atoms with van der Waals surface area (Å²) in [5.74, 6) is -0.229. The third kappa shape index (κ3) is 1.71. The summed E-state index contributed by atoms with van der Waals surface area (Å²) in [6.07, 6.45) is 4.01. The monoisotopic (exact) mass is 321 g/mol. The second kappa shape index (κ2) is 4.63. The number of hydrogen-bond donors (Lipinski definition) is 1. The smallest absolute Gasteiger partial charge is 0.335 e. The van der Waals surface area contributed by atoms with Crippen molar-refractivity contribution in [3.05, 3.63) is 65.2 Å². The minimum absolute atomic E-state index is 0.252. The maximum Gasteiger partial charge on any atom is 0.335 e. The van der Waals surface area contributed by atoms with Crippen LogP contribution in [0.25, 0.3) is 6.08 Å². The fraction of sp³-hybridized carbons (Fsp3) is 0.250. The van der Waals surface area contributed by atoms with Crippen molar-refractivity contribution in [3.63, 3.8) is 0 Å².